The summed E-state index contributed by atoms with van der Waals surface area (Å²) in [4.78, 5) is 22.6. The molecular formula is C19H35NO3. The van der Waals surface area contributed by atoms with Crippen LogP contribution >= 0.6 is 0 Å². The fourth-order valence-electron chi connectivity index (χ4n) is 4.17. The average molecular weight is 325 g/mol. The van der Waals surface area contributed by atoms with E-state index >= 15 is 0 Å². The molecule has 0 radical (unpaired) electrons. The summed E-state index contributed by atoms with van der Waals surface area (Å²) in [5.41, 5.74) is 0.614. The van der Waals surface area contributed by atoms with Crippen molar-refractivity contribution in [3.8, 4) is 0 Å². The predicted octanol–water partition coefficient (Wildman–Crippen LogP) is 4.23. The zero-order valence-corrected chi connectivity index (χ0v) is 16.0. The van der Waals surface area contributed by atoms with Gasteiger partial charge in [0.15, 0.2) is 0 Å². The van der Waals surface area contributed by atoms with Crippen LogP contribution in [0.15, 0.2) is 0 Å². The lowest BCUT2D eigenvalue weighted by Crippen LogP contribution is -2.53. The summed E-state index contributed by atoms with van der Waals surface area (Å²) < 4.78 is 0. The maximum Gasteiger partial charge on any atom is 0.303 e. The molecule has 0 spiro atoms. The first-order chi connectivity index (χ1) is 10.3. The van der Waals surface area contributed by atoms with Crippen LogP contribution in [0.5, 0.6) is 0 Å². The Hall–Kier alpha value is -1.06. The Labute approximate surface area is 141 Å². The van der Waals surface area contributed by atoms with Crippen LogP contribution in [0.2, 0.25) is 0 Å². The van der Waals surface area contributed by atoms with Gasteiger partial charge in [-0.15, -0.1) is 0 Å². The van der Waals surface area contributed by atoms with Gasteiger partial charge in [0.1, 0.15) is 0 Å². The molecule has 23 heavy (non-hydrogen) atoms. The van der Waals surface area contributed by atoms with Crippen LogP contribution in [0.4, 0.5) is 0 Å². The molecule has 0 heterocycles. The molecular weight excluding hydrogens is 290 g/mol. The Morgan fingerprint density at radius 1 is 1.13 bits per heavy atom. The van der Waals surface area contributed by atoms with E-state index < -0.39 is 5.97 Å². The van der Waals surface area contributed by atoms with E-state index in [2.05, 4.69) is 53.8 Å². The zero-order chi connectivity index (χ0) is 18.1. The minimum absolute atomic E-state index is 0.0720. The summed E-state index contributed by atoms with van der Waals surface area (Å²) >= 11 is 0. The minimum atomic E-state index is -0.920. The SMILES string of the molecule is CC(C)(C)[C@@H]1C[C@@H](NC(=O)CCC(=O)O)CC[C@]1(C)C(C)(C)C. The molecule has 0 aromatic heterocycles. The van der Waals surface area contributed by atoms with Gasteiger partial charge in [-0.3, -0.25) is 9.59 Å². The van der Waals surface area contributed by atoms with Crippen molar-refractivity contribution >= 4 is 11.9 Å². The van der Waals surface area contributed by atoms with E-state index in [1.165, 1.54) is 0 Å². The van der Waals surface area contributed by atoms with Gasteiger partial charge in [0.25, 0.3) is 0 Å². The number of aliphatic carboxylic acids is 1. The fraction of sp³-hybridized carbons (Fsp3) is 0.895. The number of hydrogen-bond acceptors (Lipinski definition) is 2. The van der Waals surface area contributed by atoms with Crippen LogP contribution in [0.25, 0.3) is 0 Å². The third-order valence-electron chi connectivity index (χ3n) is 5.99. The van der Waals surface area contributed by atoms with Crippen LogP contribution in [0, 0.1) is 22.2 Å². The lowest BCUT2D eigenvalue weighted by molar-refractivity contribution is -0.139. The minimum Gasteiger partial charge on any atom is -0.481 e. The van der Waals surface area contributed by atoms with Crippen molar-refractivity contribution in [3.63, 3.8) is 0 Å². The molecule has 1 aliphatic rings. The first-order valence-electron chi connectivity index (χ1n) is 8.78. The molecule has 1 saturated carbocycles. The molecule has 3 atom stereocenters. The van der Waals surface area contributed by atoms with Gasteiger partial charge in [0.05, 0.1) is 6.42 Å². The van der Waals surface area contributed by atoms with Crippen molar-refractivity contribution in [1.82, 2.24) is 5.32 Å². The first-order valence-corrected chi connectivity index (χ1v) is 8.78. The quantitative estimate of drug-likeness (QED) is 0.812. The highest BCUT2D eigenvalue weighted by Crippen LogP contribution is 2.57. The number of rotatable bonds is 4. The molecule has 0 aromatic rings. The smallest absolute Gasteiger partial charge is 0.303 e. The predicted molar refractivity (Wildman–Crippen MR) is 93.2 cm³/mol. The standard InChI is InChI=1S/C19H35NO3/c1-17(2,3)14-12-13(20-15(21)8-9-16(22)23)10-11-19(14,7)18(4,5)6/h13-14H,8-12H2,1-7H3,(H,20,21)(H,22,23)/t13-,14-,19-/m0/s1. The second-order valence-corrected chi connectivity index (χ2v) is 9.52. The lowest BCUT2D eigenvalue weighted by atomic mass is 9.49. The first kappa shape index (κ1) is 20.0. The maximum atomic E-state index is 12.0. The highest BCUT2D eigenvalue weighted by molar-refractivity contribution is 5.80. The number of carboxylic acid groups (broad SMARTS) is 1. The Kier molecular flexibility index (Phi) is 5.93. The summed E-state index contributed by atoms with van der Waals surface area (Å²) in [7, 11) is 0. The van der Waals surface area contributed by atoms with E-state index in [1.54, 1.807) is 0 Å². The van der Waals surface area contributed by atoms with Gasteiger partial charge in [0.2, 0.25) is 5.91 Å². The molecule has 134 valence electrons. The number of carboxylic acids is 1. The summed E-state index contributed by atoms with van der Waals surface area (Å²) in [6, 6.07) is 0.163. The van der Waals surface area contributed by atoms with E-state index in [9.17, 15) is 9.59 Å². The Balaban J connectivity index is 2.82. The van der Waals surface area contributed by atoms with E-state index in [0.717, 1.165) is 19.3 Å². The molecule has 2 N–H and O–H groups in total. The van der Waals surface area contributed by atoms with E-state index in [4.69, 9.17) is 5.11 Å². The second-order valence-electron chi connectivity index (χ2n) is 9.52. The topological polar surface area (TPSA) is 66.4 Å². The number of carbonyl (C=O) groups excluding carboxylic acids is 1. The van der Waals surface area contributed by atoms with Crippen LogP contribution in [-0.2, 0) is 9.59 Å². The van der Waals surface area contributed by atoms with Crippen molar-refractivity contribution in [3.05, 3.63) is 0 Å². The summed E-state index contributed by atoms with van der Waals surface area (Å²) in [6.07, 6.45) is 3.00. The Bertz CT molecular complexity index is 445. The molecule has 1 rings (SSSR count). The number of nitrogens with one attached hydrogen (secondary N) is 1. The normalized spacial score (nSPS) is 29.2. The lowest BCUT2D eigenvalue weighted by Gasteiger charge is -2.57. The molecule has 0 aliphatic heterocycles. The monoisotopic (exact) mass is 325 g/mol. The van der Waals surface area contributed by atoms with E-state index in [-0.39, 0.29) is 41.0 Å². The highest BCUT2D eigenvalue weighted by Gasteiger charge is 2.51. The maximum absolute atomic E-state index is 12.0. The van der Waals surface area contributed by atoms with Gasteiger partial charge in [-0.05, 0) is 41.4 Å². The van der Waals surface area contributed by atoms with Gasteiger partial charge in [-0.2, -0.15) is 0 Å². The van der Waals surface area contributed by atoms with Crippen molar-refractivity contribution < 1.29 is 14.7 Å². The largest absolute Gasteiger partial charge is 0.481 e. The summed E-state index contributed by atoms with van der Waals surface area (Å²) in [6.45, 7) is 16.2. The molecule has 0 unspecified atom stereocenters. The second kappa shape index (κ2) is 6.82. The van der Waals surface area contributed by atoms with Crippen LogP contribution in [0.3, 0.4) is 0 Å². The third-order valence-corrected chi connectivity index (χ3v) is 5.99. The van der Waals surface area contributed by atoms with Gasteiger partial charge in [0, 0.05) is 12.5 Å². The van der Waals surface area contributed by atoms with Crippen LogP contribution in [0.1, 0.15) is 80.6 Å². The van der Waals surface area contributed by atoms with Crippen LogP contribution in [-0.4, -0.2) is 23.0 Å². The zero-order valence-electron chi connectivity index (χ0n) is 16.0. The molecule has 0 aromatic carbocycles. The van der Waals surface area contributed by atoms with Gasteiger partial charge < -0.3 is 10.4 Å². The Morgan fingerprint density at radius 2 is 1.70 bits per heavy atom. The molecule has 1 amide bonds. The molecule has 1 fully saturated rings. The van der Waals surface area contributed by atoms with Crippen molar-refractivity contribution in [2.45, 2.75) is 86.6 Å². The molecule has 4 nitrogen and oxygen atoms in total. The highest BCUT2D eigenvalue weighted by atomic mass is 16.4. The summed E-state index contributed by atoms with van der Waals surface area (Å²) in [5, 5.41) is 11.8. The van der Waals surface area contributed by atoms with Crippen LogP contribution < -0.4 is 5.32 Å². The number of hydrogen-bond donors (Lipinski definition) is 2. The number of carbonyl (C=O) groups is 2. The van der Waals surface area contributed by atoms with E-state index in [1.807, 2.05) is 0 Å². The average Bonchev–Trinajstić information content (AvgIpc) is 2.36. The van der Waals surface area contributed by atoms with Gasteiger partial charge in [-0.1, -0.05) is 48.5 Å². The van der Waals surface area contributed by atoms with E-state index in [0.29, 0.717) is 5.92 Å². The number of amides is 1. The van der Waals surface area contributed by atoms with Crippen molar-refractivity contribution in [1.29, 1.82) is 0 Å². The molecule has 0 saturated heterocycles. The van der Waals surface area contributed by atoms with Crippen molar-refractivity contribution in [2.75, 3.05) is 0 Å². The van der Waals surface area contributed by atoms with Crippen molar-refractivity contribution in [2.24, 2.45) is 22.2 Å². The third kappa shape index (κ3) is 4.95. The van der Waals surface area contributed by atoms with Gasteiger partial charge >= 0.3 is 5.97 Å². The Morgan fingerprint density at radius 3 is 2.13 bits per heavy atom. The molecule has 0 bridgehead atoms. The molecule has 1 aliphatic carbocycles. The summed E-state index contributed by atoms with van der Waals surface area (Å²) in [5.74, 6) is -0.547. The molecule has 4 heteroatoms. The van der Waals surface area contributed by atoms with Gasteiger partial charge in [-0.25, -0.2) is 0 Å². The fourth-order valence-corrected chi connectivity index (χ4v) is 4.17.